The van der Waals surface area contributed by atoms with Gasteiger partial charge in [0.2, 0.25) is 5.91 Å². The molecule has 26 heavy (non-hydrogen) atoms. The van der Waals surface area contributed by atoms with E-state index in [2.05, 4.69) is 28.6 Å². The molecule has 3 heterocycles. The smallest absolute Gasteiger partial charge is 0.244 e. The van der Waals surface area contributed by atoms with Crippen molar-refractivity contribution in [2.24, 2.45) is 0 Å². The van der Waals surface area contributed by atoms with Crippen molar-refractivity contribution in [1.82, 2.24) is 20.0 Å². The summed E-state index contributed by atoms with van der Waals surface area (Å²) in [6.07, 6.45) is 5.17. The maximum absolute atomic E-state index is 12.7. The number of hydrogen-bond donors (Lipinski definition) is 1. The summed E-state index contributed by atoms with van der Waals surface area (Å²) in [5.41, 5.74) is 3.58. The molecule has 138 valence electrons. The van der Waals surface area contributed by atoms with Gasteiger partial charge in [-0.05, 0) is 55.1 Å². The number of amides is 1. The van der Waals surface area contributed by atoms with Gasteiger partial charge in [0.15, 0.2) is 0 Å². The van der Waals surface area contributed by atoms with Crippen molar-refractivity contribution in [1.29, 1.82) is 0 Å². The number of benzene rings is 1. The summed E-state index contributed by atoms with van der Waals surface area (Å²) in [7, 11) is 1.68. The minimum Gasteiger partial charge on any atom is -0.497 e. The van der Waals surface area contributed by atoms with Crippen LogP contribution in [0.4, 0.5) is 0 Å². The van der Waals surface area contributed by atoms with Crippen LogP contribution in [0.15, 0.2) is 30.5 Å². The first-order valence-corrected chi connectivity index (χ1v) is 9.40. The fraction of sp³-hybridized carbons (Fsp3) is 0.500. The van der Waals surface area contributed by atoms with Gasteiger partial charge in [0, 0.05) is 31.7 Å². The minimum absolute atomic E-state index is 0.128. The van der Waals surface area contributed by atoms with E-state index in [4.69, 9.17) is 4.74 Å². The molecule has 0 bridgehead atoms. The number of hydrogen-bond acceptors (Lipinski definition) is 4. The van der Waals surface area contributed by atoms with Crippen LogP contribution in [0.5, 0.6) is 5.75 Å². The zero-order valence-corrected chi connectivity index (χ0v) is 15.3. The molecule has 1 aromatic heterocycles. The Bertz CT molecular complexity index is 780. The van der Waals surface area contributed by atoms with Crippen LogP contribution in [-0.2, 0) is 24.3 Å². The number of aromatic nitrogens is 2. The van der Waals surface area contributed by atoms with E-state index in [1.54, 1.807) is 11.8 Å². The Balaban J connectivity index is 1.38. The van der Waals surface area contributed by atoms with Crippen LogP contribution in [-0.4, -0.2) is 47.3 Å². The van der Waals surface area contributed by atoms with E-state index in [1.165, 1.54) is 24.0 Å². The number of carbonyl (C=O) groups is 1. The topological polar surface area (TPSA) is 59.4 Å². The molecule has 1 saturated heterocycles. The lowest BCUT2D eigenvalue weighted by Crippen LogP contribution is -2.38. The quantitative estimate of drug-likeness (QED) is 0.912. The van der Waals surface area contributed by atoms with Crippen LogP contribution >= 0.6 is 0 Å². The third kappa shape index (κ3) is 3.60. The first-order valence-electron chi connectivity index (χ1n) is 9.40. The van der Waals surface area contributed by atoms with Gasteiger partial charge in [-0.1, -0.05) is 6.07 Å². The van der Waals surface area contributed by atoms with Crippen LogP contribution in [0.3, 0.4) is 0 Å². The van der Waals surface area contributed by atoms with Gasteiger partial charge in [-0.3, -0.25) is 9.48 Å². The molecule has 0 radical (unpaired) electrons. The van der Waals surface area contributed by atoms with Crippen molar-refractivity contribution >= 4 is 5.91 Å². The lowest BCUT2D eigenvalue weighted by atomic mass is 9.97. The Kier molecular flexibility index (Phi) is 4.93. The number of methoxy groups -OCH3 is 1. The normalized spacial score (nSPS) is 19.9. The molecule has 6 nitrogen and oxygen atoms in total. The van der Waals surface area contributed by atoms with Crippen LogP contribution in [0.25, 0.3) is 0 Å². The van der Waals surface area contributed by atoms with Crippen LogP contribution < -0.4 is 10.1 Å². The number of nitrogens with one attached hydrogen (secondary N) is 1. The zero-order chi connectivity index (χ0) is 17.9. The van der Waals surface area contributed by atoms with Crippen molar-refractivity contribution in [2.75, 3.05) is 26.7 Å². The lowest BCUT2D eigenvalue weighted by molar-refractivity contribution is -0.133. The zero-order valence-electron chi connectivity index (χ0n) is 15.3. The summed E-state index contributed by atoms with van der Waals surface area (Å²) >= 11 is 0. The fourth-order valence-corrected chi connectivity index (χ4v) is 3.90. The SMILES string of the molecule is COc1ccc2c(c1)CCN(C(=O)Cn1ccc([C@H]3CCCNC3)n1)C2. The lowest BCUT2D eigenvalue weighted by Gasteiger charge is -2.29. The summed E-state index contributed by atoms with van der Waals surface area (Å²) < 4.78 is 7.08. The maximum atomic E-state index is 12.7. The standard InChI is InChI=1S/C20H26N4O2/c1-26-18-5-4-17-13-23(9-6-15(17)11-18)20(25)14-24-10-7-19(22-24)16-3-2-8-21-12-16/h4-5,7,10-11,16,21H,2-3,6,8-9,12-14H2,1H3/t16-/m0/s1. The van der Waals surface area contributed by atoms with Gasteiger partial charge >= 0.3 is 0 Å². The van der Waals surface area contributed by atoms with Gasteiger partial charge in [-0.2, -0.15) is 5.10 Å². The molecular weight excluding hydrogens is 328 g/mol. The molecule has 0 saturated carbocycles. The largest absolute Gasteiger partial charge is 0.497 e. The molecule has 6 heteroatoms. The summed E-state index contributed by atoms with van der Waals surface area (Å²) in [6, 6.07) is 8.17. The average Bonchev–Trinajstić information content (AvgIpc) is 3.16. The minimum atomic E-state index is 0.128. The molecular formula is C20H26N4O2. The van der Waals surface area contributed by atoms with E-state index >= 15 is 0 Å². The third-order valence-corrected chi connectivity index (χ3v) is 5.45. The van der Waals surface area contributed by atoms with E-state index in [0.29, 0.717) is 19.0 Å². The fourth-order valence-electron chi connectivity index (χ4n) is 3.90. The highest BCUT2D eigenvalue weighted by Gasteiger charge is 2.22. The number of nitrogens with zero attached hydrogens (tertiary/aromatic N) is 3. The predicted octanol–water partition coefficient (Wildman–Crippen LogP) is 1.94. The number of ether oxygens (including phenoxy) is 1. The summed E-state index contributed by atoms with van der Waals surface area (Å²) in [6.45, 7) is 3.81. The second-order valence-electron chi connectivity index (χ2n) is 7.18. The Hall–Kier alpha value is -2.34. The highest BCUT2D eigenvalue weighted by Crippen LogP contribution is 2.24. The molecule has 4 rings (SSSR count). The Morgan fingerprint density at radius 1 is 1.35 bits per heavy atom. The number of carbonyl (C=O) groups excluding carboxylic acids is 1. The van der Waals surface area contributed by atoms with Crippen molar-refractivity contribution < 1.29 is 9.53 Å². The maximum Gasteiger partial charge on any atom is 0.244 e. The number of piperidine rings is 1. The summed E-state index contributed by atoms with van der Waals surface area (Å²) in [5, 5.41) is 8.07. The van der Waals surface area contributed by atoms with Crippen LogP contribution in [0.2, 0.25) is 0 Å². The van der Waals surface area contributed by atoms with Crippen molar-refractivity contribution in [3.63, 3.8) is 0 Å². The first kappa shape index (κ1) is 17.1. The first-order chi connectivity index (χ1) is 12.7. The van der Waals surface area contributed by atoms with E-state index < -0.39 is 0 Å². The van der Waals surface area contributed by atoms with Gasteiger partial charge in [0.1, 0.15) is 12.3 Å². The molecule has 2 aliphatic rings. The monoisotopic (exact) mass is 354 g/mol. The second kappa shape index (κ2) is 7.50. The van der Waals surface area contributed by atoms with E-state index in [1.807, 2.05) is 17.2 Å². The Labute approximate surface area is 154 Å². The molecule has 1 atom stereocenters. The highest BCUT2D eigenvalue weighted by atomic mass is 16.5. The molecule has 0 aliphatic carbocycles. The second-order valence-corrected chi connectivity index (χ2v) is 7.18. The van der Waals surface area contributed by atoms with Gasteiger partial charge in [-0.25, -0.2) is 0 Å². The third-order valence-electron chi connectivity index (χ3n) is 5.45. The molecule has 2 aromatic rings. The van der Waals surface area contributed by atoms with Crippen LogP contribution in [0, 0.1) is 0 Å². The highest BCUT2D eigenvalue weighted by molar-refractivity contribution is 5.76. The van der Waals surface area contributed by atoms with Crippen LogP contribution in [0.1, 0.15) is 35.6 Å². The summed E-state index contributed by atoms with van der Waals surface area (Å²) in [4.78, 5) is 14.6. The van der Waals surface area contributed by atoms with Crippen molar-refractivity contribution in [2.45, 2.75) is 38.3 Å². The average molecular weight is 354 g/mol. The van der Waals surface area contributed by atoms with Crippen molar-refractivity contribution in [3.8, 4) is 5.75 Å². The Morgan fingerprint density at radius 2 is 2.27 bits per heavy atom. The molecule has 2 aliphatic heterocycles. The van der Waals surface area contributed by atoms with E-state index in [-0.39, 0.29) is 5.91 Å². The van der Waals surface area contributed by atoms with Gasteiger partial charge in [0.25, 0.3) is 0 Å². The molecule has 0 spiro atoms. The predicted molar refractivity (Wildman–Crippen MR) is 99.2 cm³/mol. The van der Waals surface area contributed by atoms with Gasteiger partial charge < -0.3 is 15.0 Å². The molecule has 1 amide bonds. The molecule has 1 aromatic carbocycles. The van der Waals surface area contributed by atoms with E-state index in [0.717, 1.165) is 37.5 Å². The van der Waals surface area contributed by atoms with Crippen molar-refractivity contribution in [3.05, 3.63) is 47.3 Å². The molecule has 0 unspecified atom stereocenters. The molecule has 1 fully saturated rings. The van der Waals surface area contributed by atoms with Gasteiger partial charge in [-0.15, -0.1) is 0 Å². The number of rotatable bonds is 4. The van der Waals surface area contributed by atoms with Gasteiger partial charge in [0.05, 0.1) is 12.8 Å². The summed E-state index contributed by atoms with van der Waals surface area (Å²) in [5.74, 6) is 1.48. The molecule has 1 N–H and O–H groups in total. The van der Waals surface area contributed by atoms with E-state index in [9.17, 15) is 4.79 Å². The Morgan fingerprint density at radius 3 is 3.08 bits per heavy atom. The number of fused-ring (bicyclic) bond motifs is 1.